The molecule has 0 aliphatic carbocycles. The molecule has 0 atom stereocenters. The number of hydrogen-bond donors (Lipinski definition) is 1. The molecule has 8 heteroatoms. The summed E-state index contributed by atoms with van der Waals surface area (Å²) >= 11 is 5.17. The van der Waals surface area contributed by atoms with Crippen molar-refractivity contribution in [1.29, 1.82) is 0 Å². The second-order valence-electron chi connectivity index (χ2n) is 2.00. The van der Waals surface area contributed by atoms with Gasteiger partial charge < -0.3 is 0 Å². The van der Waals surface area contributed by atoms with Gasteiger partial charge in [-0.1, -0.05) is 0 Å². The Morgan fingerprint density at radius 2 is 2.17 bits per heavy atom. The largest absolute Gasteiger partial charge is 0.406 e. The SMILES string of the molecule is O=c1[nH]nc(Cl)n1CC(F)(F)F. The Morgan fingerprint density at radius 1 is 1.58 bits per heavy atom. The molecule has 0 spiro atoms. The van der Waals surface area contributed by atoms with E-state index in [1.165, 1.54) is 0 Å². The van der Waals surface area contributed by atoms with E-state index in [1.807, 2.05) is 0 Å². The Kier molecular flexibility index (Phi) is 2.14. The molecule has 0 fully saturated rings. The summed E-state index contributed by atoms with van der Waals surface area (Å²) in [5, 5.41) is 4.37. The average Bonchev–Trinajstić information content (AvgIpc) is 2.16. The highest BCUT2D eigenvalue weighted by Crippen LogP contribution is 2.17. The second-order valence-corrected chi connectivity index (χ2v) is 2.34. The van der Waals surface area contributed by atoms with E-state index in [2.05, 4.69) is 5.10 Å². The van der Waals surface area contributed by atoms with Crippen molar-refractivity contribution in [3.63, 3.8) is 0 Å². The average molecular weight is 202 g/mol. The summed E-state index contributed by atoms with van der Waals surface area (Å²) in [7, 11) is 0. The number of hydrogen-bond acceptors (Lipinski definition) is 2. The van der Waals surface area contributed by atoms with Gasteiger partial charge in [0.2, 0.25) is 5.28 Å². The first-order chi connectivity index (χ1) is 5.40. The van der Waals surface area contributed by atoms with Crippen LogP contribution in [0.4, 0.5) is 13.2 Å². The molecule has 0 bridgehead atoms. The van der Waals surface area contributed by atoms with Gasteiger partial charge in [0.05, 0.1) is 0 Å². The molecule has 68 valence electrons. The van der Waals surface area contributed by atoms with E-state index in [0.717, 1.165) is 0 Å². The molecule has 0 saturated heterocycles. The van der Waals surface area contributed by atoms with Crippen molar-refractivity contribution in [3.05, 3.63) is 15.8 Å². The standard InChI is InChI=1S/C4H3ClF3N3O/c5-2-9-10-3(12)11(2)1-4(6,7)8/h1H2,(H,10,12). The Labute approximate surface area is 68.9 Å². The Morgan fingerprint density at radius 3 is 2.50 bits per heavy atom. The van der Waals surface area contributed by atoms with Crippen molar-refractivity contribution in [1.82, 2.24) is 14.8 Å². The topological polar surface area (TPSA) is 50.7 Å². The first-order valence-corrected chi connectivity index (χ1v) is 3.15. The fourth-order valence-electron chi connectivity index (χ4n) is 0.615. The number of nitrogens with one attached hydrogen (secondary N) is 1. The highest BCUT2D eigenvalue weighted by molar-refractivity contribution is 6.28. The zero-order valence-electron chi connectivity index (χ0n) is 5.52. The number of H-pyrrole nitrogens is 1. The van der Waals surface area contributed by atoms with Crippen LogP contribution in [0.3, 0.4) is 0 Å². The van der Waals surface area contributed by atoms with Gasteiger partial charge in [-0.15, -0.1) is 5.10 Å². The van der Waals surface area contributed by atoms with Gasteiger partial charge in [0.1, 0.15) is 6.54 Å². The summed E-state index contributed by atoms with van der Waals surface area (Å²) in [6.45, 7) is -1.43. The molecule has 0 unspecified atom stereocenters. The van der Waals surface area contributed by atoms with E-state index in [0.29, 0.717) is 4.57 Å². The molecule has 1 aromatic heterocycles. The fraction of sp³-hybridized carbons (Fsp3) is 0.500. The second kappa shape index (κ2) is 2.81. The van der Waals surface area contributed by atoms with Crippen LogP contribution in [0.25, 0.3) is 0 Å². The van der Waals surface area contributed by atoms with Gasteiger partial charge in [-0.2, -0.15) is 13.2 Å². The molecule has 0 amide bonds. The molecule has 0 radical (unpaired) electrons. The van der Waals surface area contributed by atoms with E-state index >= 15 is 0 Å². The maximum atomic E-state index is 11.7. The van der Waals surface area contributed by atoms with Crippen LogP contribution in [0.2, 0.25) is 5.28 Å². The molecule has 12 heavy (non-hydrogen) atoms. The third kappa shape index (κ3) is 2.00. The van der Waals surface area contributed by atoms with Crippen LogP contribution in [0.15, 0.2) is 4.79 Å². The normalized spacial score (nSPS) is 12.0. The summed E-state index contributed by atoms with van der Waals surface area (Å²) in [6, 6.07) is 0. The Hall–Kier alpha value is -0.980. The number of aromatic amines is 1. The molecular formula is C4H3ClF3N3O. The molecule has 0 saturated carbocycles. The van der Waals surface area contributed by atoms with Crippen molar-refractivity contribution in [3.8, 4) is 0 Å². The molecule has 0 aliphatic rings. The predicted molar refractivity (Wildman–Crippen MR) is 33.9 cm³/mol. The number of aromatic nitrogens is 3. The van der Waals surface area contributed by atoms with Crippen molar-refractivity contribution in [2.45, 2.75) is 12.7 Å². The number of alkyl halides is 3. The Balaban J connectivity index is 2.96. The van der Waals surface area contributed by atoms with Crippen molar-refractivity contribution in [2.24, 2.45) is 0 Å². The zero-order valence-corrected chi connectivity index (χ0v) is 6.28. The number of halogens is 4. The van der Waals surface area contributed by atoms with Crippen LogP contribution in [0.5, 0.6) is 0 Å². The van der Waals surface area contributed by atoms with E-state index in [9.17, 15) is 18.0 Å². The van der Waals surface area contributed by atoms with Gasteiger partial charge in [0.15, 0.2) is 0 Å². The number of rotatable bonds is 1. The van der Waals surface area contributed by atoms with Crippen LogP contribution < -0.4 is 5.69 Å². The maximum absolute atomic E-state index is 11.7. The molecule has 4 nitrogen and oxygen atoms in total. The monoisotopic (exact) mass is 201 g/mol. The van der Waals surface area contributed by atoms with E-state index in [4.69, 9.17) is 11.6 Å². The van der Waals surface area contributed by atoms with Crippen LogP contribution >= 0.6 is 11.6 Å². The first-order valence-electron chi connectivity index (χ1n) is 2.77. The van der Waals surface area contributed by atoms with Crippen LogP contribution in [-0.2, 0) is 6.54 Å². The Bertz CT molecular complexity index is 327. The maximum Gasteiger partial charge on any atom is 0.406 e. The fourth-order valence-corrected chi connectivity index (χ4v) is 0.794. The van der Waals surface area contributed by atoms with Crippen molar-refractivity contribution < 1.29 is 13.2 Å². The molecular weight excluding hydrogens is 199 g/mol. The zero-order chi connectivity index (χ0) is 9.35. The third-order valence-electron chi connectivity index (χ3n) is 1.05. The van der Waals surface area contributed by atoms with Crippen molar-refractivity contribution >= 4 is 11.6 Å². The lowest BCUT2D eigenvalue weighted by atomic mass is 10.6. The highest BCUT2D eigenvalue weighted by atomic mass is 35.5. The van der Waals surface area contributed by atoms with Gasteiger partial charge in [-0.05, 0) is 11.6 Å². The molecule has 1 heterocycles. The predicted octanol–water partition coefficient (Wildman–Crippen LogP) is 0.787. The van der Waals surface area contributed by atoms with E-state index < -0.39 is 23.7 Å². The lowest BCUT2D eigenvalue weighted by Gasteiger charge is -2.05. The molecule has 0 aromatic carbocycles. The quantitative estimate of drug-likeness (QED) is 0.730. The molecule has 1 aromatic rings. The van der Waals surface area contributed by atoms with Crippen molar-refractivity contribution in [2.75, 3.05) is 0 Å². The third-order valence-corrected chi connectivity index (χ3v) is 1.34. The molecule has 1 rings (SSSR count). The molecule has 0 aliphatic heterocycles. The van der Waals surface area contributed by atoms with Gasteiger partial charge in [0, 0.05) is 0 Å². The van der Waals surface area contributed by atoms with Gasteiger partial charge in [0.25, 0.3) is 0 Å². The summed E-state index contributed by atoms with van der Waals surface area (Å²) in [5.74, 6) is 0. The minimum atomic E-state index is -4.47. The van der Waals surface area contributed by atoms with Crippen LogP contribution in [0.1, 0.15) is 0 Å². The number of nitrogens with zero attached hydrogens (tertiary/aromatic N) is 2. The summed E-state index contributed by atoms with van der Waals surface area (Å²) in [4.78, 5) is 10.6. The van der Waals surface area contributed by atoms with Gasteiger partial charge in [-0.3, -0.25) is 4.57 Å². The smallest absolute Gasteiger partial charge is 0.257 e. The van der Waals surface area contributed by atoms with Gasteiger partial charge in [-0.25, -0.2) is 9.89 Å². The van der Waals surface area contributed by atoms with Gasteiger partial charge >= 0.3 is 11.9 Å². The van der Waals surface area contributed by atoms with Crippen LogP contribution in [-0.4, -0.2) is 20.9 Å². The lowest BCUT2D eigenvalue weighted by molar-refractivity contribution is -0.141. The molecule has 1 N–H and O–H groups in total. The first kappa shape index (κ1) is 9.11. The minimum absolute atomic E-state index is 0.293. The summed E-state index contributed by atoms with van der Waals surface area (Å²) in [6.07, 6.45) is -4.47. The van der Waals surface area contributed by atoms with E-state index in [-0.39, 0.29) is 0 Å². The summed E-state index contributed by atoms with van der Waals surface area (Å²) in [5.41, 5.74) is -0.975. The minimum Gasteiger partial charge on any atom is -0.257 e. The highest BCUT2D eigenvalue weighted by Gasteiger charge is 2.30. The lowest BCUT2D eigenvalue weighted by Crippen LogP contribution is -2.26. The summed E-state index contributed by atoms with van der Waals surface area (Å²) < 4.78 is 35.4. The van der Waals surface area contributed by atoms with E-state index in [1.54, 1.807) is 5.10 Å². The van der Waals surface area contributed by atoms with Crippen LogP contribution in [0, 0.1) is 0 Å².